The smallest absolute Gasteiger partial charge is 0.117 e. The van der Waals surface area contributed by atoms with E-state index in [-0.39, 0.29) is 0 Å². The third-order valence-electron chi connectivity index (χ3n) is 2.58. The average Bonchev–Trinajstić information content (AvgIpc) is 2.82. The fourth-order valence-electron chi connectivity index (χ4n) is 1.15. The molecule has 2 atom stereocenters. The zero-order valence-corrected chi connectivity index (χ0v) is 11.0. The Morgan fingerprint density at radius 1 is 1.25 bits per heavy atom. The average molecular weight is 226 g/mol. The Balaban J connectivity index is 0.000000288. The van der Waals surface area contributed by atoms with Gasteiger partial charge in [0.1, 0.15) is 5.76 Å². The van der Waals surface area contributed by atoms with Gasteiger partial charge in [0, 0.05) is 12.1 Å². The van der Waals surface area contributed by atoms with Gasteiger partial charge in [-0.2, -0.15) is 0 Å². The maximum absolute atomic E-state index is 5.20. The Morgan fingerprint density at radius 3 is 2.06 bits per heavy atom. The summed E-state index contributed by atoms with van der Waals surface area (Å²) in [6.45, 7) is 9.37. The molecule has 94 valence electrons. The van der Waals surface area contributed by atoms with Gasteiger partial charge in [0.25, 0.3) is 0 Å². The molecule has 0 radical (unpaired) electrons. The lowest BCUT2D eigenvalue weighted by Crippen LogP contribution is -2.33. The summed E-state index contributed by atoms with van der Waals surface area (Å²) in [5, 5.41) is 3.48. The van der Waals surface area contributed by atoms with Crippen molar-refractivity contribution in [2.24, 2.45) is 5.73 Å². The summed E-state index contributed by atoms with van der Waals surface area (Å²) in [7, 11) is 0. The van der Waals surface area contributed by atoms with E-state index in [2.05, 4.69) is 33.0 Å². The van der Waals surface area contributed by atoms with Gasteiger partial charge in [-0.05, 0) is 38.8 Å². The lowest BCUT2D eigenvalue weighted by molar-refractivity contribution is 0.449. The first-order valence-corrected chi connectivity index (χ1v) is 6.12. The largest absolute Gasteiger partial charge is 0.468 e. The highest BCUT2D eigenvalue weighted by atomic mass is 16.3. The first-order chi connectivity index (χ1) is 7.63. The van der Waals surface area contributed by atoms with Crippen LogP contribution in [0.5, 0.6) is 0 Å². The minimum absolute atomic E-state index is 0.493. The van der Waals surface area contributed by atoms with Gasteiger partial charge in [-0.3, -0.25) is 0 Å². The Hall–Kier alpha value is -0.800. The van der Waals surface area contributed by atoms with Gasteiger partial charge >= 0.3 is 0 Å². The van der Waals surface area contributed by atoms with Crippen molar-refractivity contribution in [1.82, 2.24) is 5.32 Å². The summed E-state index contributed by atoms with van der Waals surface area (Å²) in [6.07, 6.45) is 4.07. The molecule has 0 bridgehead atoms. The third-order valence-corrected chi connectivity index (χ3v) is 2.58. The molecule has 1 rings (SSSR count). The van der Waals surface area contributed by atoms with Gasteiger partial charge in [0.15, 0.2) is 0 Å². The van der Waals surface area contributed by atoms with Crippen molar-refractivity contribution < 1.29 is 4.42 Å². The predicted molar refractivity (Wildman–Crippen MR) is 69.2 cm³/mol. The van der Waals surface area contributed by atoms with Gasteiger partial charge in [-0.25, -0.2) is 0 Å². The van der Waals surface area contributed by atoms with Crippen molar-refractivity contribution in [3.05, 3.63) is 24.2 Å². The van der Waals surface area contributed by atoms with Crippen LogP contribution in [0.4, 0.5) is 0 Å². The summed E-state index contributed by atoms with van der Waals surface area (Å²) in [5.41, 5.74) is 5.20. The van der Waals surface area contributed by atoms with E-state index < -0.39 is 0 Å². The van der Waals surface area contributed by atoms with Crippen LogP contribution in [-0.4, -0.2) is 12.1 Å². The van der Waals surface area contributed by atoms with Crippen LogP contribution in [0, 0.1) is 0 Å². The third kappa shape index (κ3) is 7.49. The Bertz CT molecular complexity index is 226. The number of rotatable bonds is 5. The van der Waals surface area contributed by atoms with E-state index in [1.807, 2.05) is 12.1 Å². The molecule has 0 spiro atoms. The second-order valence-electron chi connectivity index (χ2n) is 4.07. The van der Waals surface area contributed by atoms with Crippen molar-refractivity contribution in [3.8, 4) is 0 Å². The van der Waals surface area contributed by atoms with Crippen molar-refractivity contribution in [2.75, 3.05) is 0 Å². The van der Waals surface area contributed by atoms with E-state index in [0.717, 1.165) is 5.76 Å². The summed E-state index contributed by atoms with van der Waals surface area (Å²) in [6, 6.07) is 5.03. The molecule has 0 saturated carbocycles. The summed E-state index contributed by atoms with van der Waals surface area (Å²) < 4.78 is 4.86. The predicted octanol–water partition coefficient (Wildman–Crippen LogP) is 2.91. The zero-order valence-electron chi connectivity index (χ0n) is 11.0. The molecular formula is C13H26N2O. The number of hydrogen-bond donors (Lipinski definition) is 2. The molecule has 0 saturated heterocycles. The van der Waals surface area contributed by atoms with Crippen LogP contribution >= 0.6 is 0 Å². The SMILES string of the molecule is CCC(C)NC(C)CC.NCc1ccco1. The van der Waals surface area contributed by atoms with E-state index in [9.17, 15) is 0 Å². The van der Waals surface area contributed by atoms with Crippen LogP contribution in [0.15, 0.2) is 22.8 Å². The Kier molecular flexibility index (Phi) is 8.96. The lowest BCUT2D eigenvalue weighted by Gasteiger charge is -2.16. The second-order valence-corrected chi connectivity index (χ2v) is 4.07. The van der Waals surface area contributed by atoms with E-state index in [4.69, 9.17) is 10.2 Å². The van der Waals surface area contributed by atoms with Crippen LogP contribution < -0.4 is 11.1 Å². The van der Waals surface area contributed by atoms with Crippen LogP contribution in [0.1, 0.15) is 46.3 Å². The molecule has 1 heterocycles. The monoisotopic (exact) mass is 226 g/mol. The van der Waals surface area contributed by atoms with Crippen molar-refractivity contribution in [2.45, 2.75) is 59.2 Å². The molecule has 0 aromatic carbocycles. The molecule has 3 N–H and O–H groups in total. The van der Waals surface area contributed by atoms with Crippen LogP contribution in [0.25, 0.3) is 0 Å². The van der Waals surface area contributed by atoms with E-state index >= 15 is 0 Å². The van der Waals surface area contributed by atoms with Gasteiger partial charge in [-0.1, -0.05) is 13.8 Å². The van der Waals surface area contributed by atoms with E-state index in [0.29, 0.717) is 18.6 Å². The maximum Gasteiger partial charge on any atom is 0.117 e. The highest BCUT2D eigenvalue weighted by Crippen LogP contribution is 1.95. The number of hydrogen-bond acceptors (Lipinski definition) is 3. The quantitative estimate of drug-likeness (QED) is 0.811. The summed E-state index contributed by atoms with van der Waals surface area (Å²) >= 11 is 0. The fourth-order valence-corrected chi connectivity index (χ4v) is 1.15. The van der Waals surface area contributed by atoms with Crippen molar-refractivity contribution >= 4 is 0 Å². The van der Waals surface area contributed by atoms with Crippen molar-refractivity contribution in [1.29, 1.82) is 0 Å². The van der Waals surface area contributed by atoms with Crippen LogP contribution in [0.2, 0.25) is 0 Å². The molecule has 0 aliphatic carbocycles. The van der Waals surface area contributed by atoms with Crippen LogP contribution in [-0.2, 0) is 6.54 Å². The second kappa shape index (κ2) is 9.43. The molecular weight excluding hydrogens is 200 g/mol. The molecule has 0 aliphatic rings. The van der Waals surface area contributed by atoms with Crippen molar-refractivity contribution in [3.63, 3.8) is 0 Å². The standard InChI is InChI=1S/C8H19N.C5H7NO/c1-5-7(3)9-8(4)6-2;6-4-5-2-1-3-7-5/h7-9H,5-6H2,1-4H3;1-3H,4,6H2. The zero-order chi connectivity index (χ0) is 12.4. The first-order valence-electron chi connectivity index (χ1n) is 6.12. The maximum atomic E-state index is 5.20. The molecule has 0 fully saturated rings. The van der Waals surface area contributed by atoms with Crippen LogP contribution in [0.3, 0.4) is 0 Å². The number of nitrogens with one attached hydrogen (secondary N) is 1. The molecule has 0 aliphatic heterocycles. The van der Waals surface area contributed by atoms with Gasteiger partial charge in [-0.15, -0.1) is 0 Å². The molecule has 1 aromatic rings. The highest BCUT2D eigenvalue weighted by Gasteiger charge is 2.00. The molecule has 3 nitrogen and oxygen atoms in total. The number of furan rings is 1. The summed E-state index contributed by atoms with van der Waals surface area (Å²) in [4.78, 5) is 0. The molecule has 16 heavy (non-hydrogen) atoms. The normalized spacial score (nSPS) is 13.8. The van der Waals surface area contributed by atoms with Gasteiger partial charge in [0.2, 0.25) is 0 Å². The Morgan fingerprint density at radius 2 is 1.81 bits per heavy atom. The Labute approximate surface area is 99.4 Å². The topological polar surface area (TPSA) is 51.2 Å². The first kappa shape index (κ1) is 15.2. The van der Waals surface area contributed by atoms with Gasteiger partial charge < -0.3 is 15.5 Å². The highest BCUT2D eigenvalue weighted by molar-refractivity contribution is 4.96. The van der Waals surface area contributed by atoms with Gasteiger partial charge in [0.05, 0.1) is 12.8 Å². The molecule has 3 heteroatoms. The minimum Gasteiger partial charge on any atom is -0.468 e. The molecule has 2 unspecified atom stereocenters. The molecule has 0 amide bonds. The van der Waals surface area contributed by atoms with E-state index in [1.54, 1.807) is 6.26 Å². The van der Waals surface area contributed by atoms with E-state index in [1.165, 1.54) is 12.8 Å². The minimum atomic E-state index is 0.493. The number of nitrogens with two attached hydrogens (primary N) is 1. The molecule has 1 aromatic heterocycles. The lowest BCUT2D eigenvalue weighted by atomic mass is 10.2. The summed E-state index contributed by atoms with van der Waals surface area (Å²) in [5.74, 6) is 0.833. The fraction of sp³-hybridized carbons (Fsp3) is 0.692.